The van der Waals surface area contributed by atoms with E-state index in [4.69, 9.17) is 0 Å². The number of aliphatic hydroxyl groups is 1. The molecule has 2 N–H and O–H groups in total. The second kappa shape index (κ2) is 7.70. The van der Waals surface area contributed by atoms with Crippen molar-refractivity contribution in [2.24, 2.45) is 0 Å². The minimum Gasteiger partial charge on any atom is -0.389 e. The molecule has 1 fully saturated rings. The number of carbonyl (C=O) groups excluding carboxylic acids is 1. The van der Waals surface area contributed by atoms with Gasteiger partial charge in [0, 0.05) is 37.9 Å². The number of rotatable bonds is 6. The van der Waals surface area contributed by atoms with Crippen molar-refractivity contribution in [3.63, 3.8) is 0 Å². The van der Waals surface area contributed by atoms with Crippen LogP contribution in [-0.2, 0) is 11.2 Å². The van der Waals surface area contributed by atoms with Crippen LogP contribution < -0.4 is 5.32 Å². The van der Waals surface area contributed by atoms with Crippen molar-refractivity contribution in [1.82, 2.24) is 15.2 Å². The lowest BCUT2D eigenvalue weighted by atomic mass is 9.86. The number of amides is 1. The molecule has 0 spiro atoms. The van der Waals surface area contributed by atoms with Crippen molar-refractivity contribution in [3.05, 3.63) is 30.1 Å². The van der Waals surface area contributed by atoms with E-state index >= 15 is 0 Å². The zero-order valence-electron chi connectivity index (χ0n) is 13.6. The number of nitrogens with one attached hydrogen (secondary N) is 1. The van der Waals surface area contributed by atoms with Crippen molar-refractivity contribution in [3.8, 4) is 0 Å². The van der Waals surface area contributed by atoms with Crippen LogP contribution in [0.4, 0.5) is 0 Å². The van der Waals surface area contributed by atoms with E-state index in [0.717, 1.165) is 31.7 Å². The molecule has 0 saturated carbocycles. The second-order valence-electron chi connectivity index (χ2n) is 6.23. The third-order valence-electron chi connectivity index (χ3n) is 4.44. The predicted molar refractivity (Wildman–Crippen MR) is 86.5 cm³/mol. The molecule has 1 amide bonds. The Balaban J connectivity index is 1.85. The van der Waals surface area contributed by atoms with Gasteiger partial charge in [0.05, 0.1) is 11.6 Å². The molecule has 5 nitrogen and oxygen atoms in total. The Kier molecular flexibility index (Phi) is 5.91. The van der Waals surface area contributed by atoms with Crippen LogP contribution in [0.15, 0.2) is 24.4 Å². The Labute approximate surface area is 132 Å². The quantitative estimate of drug-likeness (QED) is 0.833. The summed E-state index contributed by atoms with van der Waals surface area (Å²) in [6, 6.07) is 5.64. The first-order chi connectivity index (χ1) is 10.5. The summed E-state index contributed by atoms with van der Waals surface area (Å²) < 4.78 is 0. The van der Waals surface area contributed by atoms with Crippen LogP contribution in [-0.4, -0.2) is 52.2 Å². The van der Waals surface area contributed by atoms with Crippen LogP contribution in [0.2, 0.25) is 0 Å². The Bertz CT molecular complexity index is 470. The summed E-state index contributed by atoms with van der Waals surface area (Å²) in [5.41, 5.74) is 0.219. The molecule has 1 aromatic rings. The molecule has 1 aromatic heterocycles. The number of aromatic nitrogens is 1. The minimum absolute atomic E-state index is 0.0806. The average Bonchev–Trinajstić information content (AvgIpc) is 2.53. The highest BCUT2D eigenvalue weighted by molar-refractivity contribution is 5.81. The van der Waals surface area contributed by atoms with Gasteiger partial charge in [0.25, 0.3) is 0 Å². The van der Waals surface area contributed by atoms with Gasteiger partial charge in [-0.15, -0.1) is 0 Å². The van der Waals surface area contributed by atoms with E-state index in [1.54, 1.807) is 6.20 Å². The third kappa shape index (κ3) is 4.52. The van der Waals surface area contributed by atoms with E-state index in [1.807, 2.05) is 32.0 Å². The number of pyridine rings is 1. The maximum Gasteiger partial charge on any atom is 0.237 e. The van der Waals surface area contributed by atoms with Crippen molar-refractivity contribution in [2.45, 2.75) is 51.2 Å². The molecule has 5 heteroatoms. The molecule has 0 radical (unpaired) electrons. The van der Waals surface area contributed by atoms with E-state index in [9.17, 15) is 9.90 Å². The first-order valence-corrected chi connectivity index (χ1v) is 8.18. The summed E-state index contributed by atoms with van der Waals surface area (Å²) in [5.74, 6) is 0.0806. The molecule has 2 heterocycles. The molecule has 2 rings (SSSR count). The SMILES string of the molecule is CCCNC(=O)C(C)N1CCC(O)(Cc2ccccn2)CC1. The smallest absolute Gasteiger partial charge is 0.237 e. The van der Waals surface area contributed by atoms with Gasteiger partial charge in [-0.2, -0.15) is 0 Å². The summed E-state index contributed by atoms with van der Waals surface area (Å²) in [7, 11) is 0. The molecule has 1 unspecified atom stereocenters. The fourth-order valence-corrected chi connectivity index (χ4v) is 2.91. The number of hydrogen-bond acceptors (Lipinski definition) is 4. The van der Waals surface area contributed by atoms with Gasteiger partial charge in [0.2, 0.25) is 5.91 Å². The standard InChI is InChI=1S/C17H27N3O2/c1-3-9-19-16(21)14(2)20-11-7-17(22,8-12-20)13-15-6-4-5-10-18-15/h4-6,10,14,22H,3,7-9,11-13H2,1-2H3,(H,19,21). The lowest BCUT2D eigenvalue weighted by molar-refractivity contribution is -0.127. The number of carbonyl (C=O) groups is 1. The summed E-state index contributed by atoms with van der Waals surface area (Å²) in [4.78, 5) is 18.5. The fraction of sp³-hybridized carbons (Fsp3) is 0.647. The topological polar surface area (TPSA) is 65.5 Å². The molecule has 1 aliphatic heterocycles. The van der Waals surface area contributed by atoms with Gasteiger partial charge in [0.15, 0.2) is 0 Å². The lowest BCUT2D eigenvalue weighted by Crippen LogP contribution is -2.52. The number of likely N-dealkylation sites (tertiary alicyclic amines) is 1. The van der Waals surface area contributed by atoms with Gasteiger partial charge < -0.3 is 10.4 Å². The van der Waals surface area contributed by atoms with E-state index < -0.39 is 5.60 Å². The monoisotopic (exact) mass is 305 g/mol. The predicted octanol–water partition coefficient (Wildman–Crippen LogP) is 1.37. The maximum absolute atomic E-state index is 12.0. The maximum atomic E-state index is 12.0. The summed E-state index contributed by atoms with van der Waals surface area (Å²) in [6.07, 6.45) is 4.64. The van der Waals surface area contributed by atoms with Crippen molar-refractivity contribution in [2.75, 3.05) is 19.6 Å². The van der Waals surface area contributed by atoms with Crippen molar-refractivity contribution < 1.29 is 9.90 Å². The molecule has 1 aliphatic rings. The first kappa shape index (κ1) is 16.9. The van der Waals surface area contributed by atoms with Gasteiger partial charge in [-0.05, 0) is 38.3 Å². The van der Waals surface area contributed by atoms with Crippen molar-refractivity contribution >= 4 is 5.91 Å². The van der Waals surface area contributed by atoms with Crippen LogP contribution in [0, 0.1) is 0 Å². The van der Waals surface area contributed by atoms with Gasteiger partial charge >= 0.3 is 0 Å². The summed E-state index contributed by atoms with van der Waals surface area (Å²) in [6.45, 7) is 6.19. The Morgan fingerprint density at radius 2 is 2.18 bits per heavy atom. The highest BCUT2D eigenvalue weighted by Gasteiger charge is 2.35. The fourth-order valence-electron chi connectivity index (χ4n) is 2.91. The molecule has 0 bridgehead atoms. The average molecular weight is 305 g/mol. The molecule has 0 aromatic carbocycles. The van der Waals surface area contributed by atoms with E-state index in [-0.39, 0.29) is 11.9 Å². The van der Waals surface area contributed by atoms with Gasteiger partial charge in [-0.1, -0.05) is 13.0 Å². The molecular formula is C17H27N3O2. The van der Waals surface area contributed by atoms with Crippen LogP contribution in [0.1, 0.15) is 38.8 Å². The normalized spacial score (nSPS) is 19.6. The second-order valence-corrected chi connectivity index (χ2v) is 6.23. The summed E-state index contributed by atoms with van der Waals surface area (Å²) >= 11 is 0. The molecular weight excluding hydrogens is 278 g/mol. The first-order valence-electron chi connectivity index (χ1n) is 8.18. The summed E-state index contributed by atoms with van der Waals surface area (Å²) in [5, 5.41) is 13.7. The van der Waals surface area contributed by atoms with Crippen LogP contribution in [0.3, 0.4) is 0 Å². The molecule has 0 aliphatic carbocycles. The van der Waals surface area contributed by atoms with Crippen LogP contribution in [0.25, 0.3) is 0 Å². The van der Waals surface area contributed by atoms with Gasteiger partial charge in [0.1, 0.15) is 0 Å². The Morgan fingerprint density at radius 3 is 2.77 bits per heavy atom. The highest BCUT2D eigenvalue weighted by Crippen LogP contribution is 2.26. The van der Waals surface area contributed by atoms with E-state index in [1.165, 1.54) is 0 Å². The molecule has 122 valence electrons. The number of piperidine rings is 1. The number of nitrogens with zero attached hydrogens (tertiary/aromatic N) is 2. The Morgan fingerprint density at radius 1 is 1.45 bits per heavy atom. The largest absolute Gasteiger partial charge is 0.389 e. The van der Waals surface area contributed by atoms with E-state index in [2.05, 4.69) is 15.2 Å². The molecule has 1 atom stereocenters. The molecule has 22 heavy (non-hydrogen) atoms. The molecule has 1 saturated heterocycles. The lowest BCUT2D eigenvalue weighted by Gasteiger charge is -2.40. The Hall–Kier alpha value is -1.46. The van der Waals surface area contributed by atoms with Crippen LogP contribution >= 0.6 is 0 Å². The van der Waals surface area contributed by atoms with Crippen LogP contribution in [0.5, 0.6) is 0 Å². The zero-order valence-corrected chi connectivity index (χ0v) is 13.6. The minimum atomic E-state index is -0.704. The highest BCUT2D eigenvalue weighted by atomic mass is 16.3. The van der Waals surface area contributed by atoms with Crippen molar-refractivity contribution in [1.29, 1.82) is 0 Å². The van der Waals surface area contributed by atoms with Gasteiger partial charge in [-0.3, -0.25) is 14.7 Å². The number of hydrogen-bond donors (Lipinski definition) is 2. The van der Waals surface area contributed by atoms with E-state index in [0.29, 0.717) is 19.3 Å². The zero-order chi connectivity index (χ0) is 16.0. The van der Waals surface area contributed by atoms with Gasteiger partial charge in [-0.25, -0.2) is 0 Å². The third-order valence-corrected chi connectivity index (χ3v) is 4.44.